The Morgan fingerprint density at radius 2 is 1.92 bits per heavy atom. The molecule has 0 amide bonds. The lowest BCUT2D eigenvalue weighted by atomic mass is 9.98. The second-order valence-corrected chi connectivity index (χ2v) is 7.36. The number of anilines is 1. The molecule has 0 N–H and O–H groups in total. The highest BCUT2D eigenvalue weighted by molar-refractivity contribution is 6.36. The highest BCUT2D eigenvalue weighted by Gasteiger charge is 2.26. The number of hydrogen-bond donors (Lipinski definition) is 0. The monoisotopic (exact) mass is 376 g/mol. The SMILES string of the molecule is Cc1nc2ncnn2c(N2CCC(C)CC2)c1-c1ncc(Cl)cc1Cl. The number of hydrogen-bond acceptors (Lipinski definition) is 5. The molecule has 8 heteroatoms. The van der Waals surface area contributed by atoms with Gasteiger partial charge in [0, 0.05) is 19.3 Å². The number of halogens is 2. The summed E-state index contributed by atoms with van der Waals surface area (Å²) in [5, 5.41) is 5.40. The van der Waals surface area contributed by atoms with Crippen LogP contribution in [0.5, 0.6) is 0 Å². The maximum Gasteiger partial charge on any atom is 0.254 e. The molecule has 1 aliphatic rings. The van der Waals surface area contributed by atoms with Gasteiger partial charge in [0.15, 0.2) is 0 Å². The Hall–Kier alpha value is -1.92. The molecule has 25 heavy (non-hydrogen) atoms. The fourth-order valence-corrected chi connectivity index (χ4v) is 3.80. The van der Waals surface area contributed by atoms with Crippen LogP contribution in [-0.4, -0.2) is 37.7 Å². The van der Waals surface area contributed by atoms with Crippen molar-refractivity contribution in [1.82, 2.24) is 24.6 Å². The number of aromatic nitrogens is 5. The maximum atomic E-state index is 6.46. The molecule has 130 valence electrons. The molecule has 6 nitrogen and oxygen atoms in total. The van der Waals surface area contributed by atoms with Gasteiger partial charge in [0.2, 0.25) is 0 Å². The largest absolute Gasteiger partial charge is 0.356 e. The van der Waals surface area contributed by atoms with Gasteiger partial charge in [0.25, 0.3) is 5.78 Å². The van der Waals surface area contributed by atoms with E-state index >= 15 is 0 Å². The van der Waals surface area contributed by atoms with Gasteiger partial charge in [-0.1, -0.05) is 30.1 Å². The second-order valence-electron chi connectivity index (χ2n) is 6.52. The van der Waals surface area contributed by atoms with E-state index in [0.717, 1.165) is 48.9 Å². The number of rotatable bonds is 2. The van der Waals surface area contributed by atoms with Crippen LogP contribution in [0.2, 0.25) is 10.0 Å². The van der Waals surface area contributed by atoms with Crippen molar-refractivity contribution in [2.45, 2.75) is 26.7 Å². The molecular formula is C17H18Cl2N6. The molecule has 1 saturated heterocycles. The third kappa shape index (κ3) is 2.93. The van der Waals surface area contributed by atoms with Gasteiger partial charge in [0.05, 0.1) is 27.0 Å². The molecule has 1 fully saturated rings. The van der Waals surface area contributed by atoms with Crippen molar-refractivity contribution < 1.29 is 0 Å². The molecule has 0 atom stereocenters. The summed E-state index contributed by atoms with van der Waals surface area (Å²) in [6, 6.07) is 1.71. The van der Waals surface area contributed by atoms with Crippen LogP contribution in [0, 0.1) is 12.8 Å². The first-order valence-corrected chi connectivity index (χ1v) is 9.07. The van der Waals surface area contributed by atoms with Crippen molar-refractivity contribution >= 4 is 34.8 Å². The van der Waals surface area contributed by atoms with Crippen molar-refractivity contribution in [3.05, 3.63) is 34.3 Å². The van der Waals surface area contributed by atoms with Gasteiger partial charge in [-0.25, -0.2) is 4.98 Å². The van der Waals surface area contributed by atoms with Crippen LogP contribution < -0.4 is 4.90 Å². The van der Waals surface area contributed by atoms with E-state index in [4.69, 9.17) is 23.2 Å². The van der Waals surface area contributed by atoms with E-state index in [1.807, 2.05) is 6.92 Å². The Morgan fingerprint density at radius 3 is 2.64 bits per heavy atom. The van der Waals surface area contributed by atoms with Gasteiger partial charge in [0.1, 0.15) is 12.1 Å². The van der Waals surface area contributed by atoms with Crippen LogP contribution in [0.25, 0.3) is 17.0 Å². The Labute approximate surface area is 155 Å². The number of aryl methyl sites for hydroxylation is 1. The van der Waals surface area contributed by atoms with Gasteiger partial charge in [-0.15, -0.1) is 0 Å². The predicted octanol–water partition coefficient (Wildman–Crippen LogP) is 4.04. The average Bonchev–Trinajstić information content (AvgIpc) is 3.03. The summed E-state index contributed by atoms with van der Waals surface area (Å²) in [5.41, 5.74) is 2.38. The minimum Gasteiger partial charge on any atom is -0.356 e. The Bertz CT molecular complexity index is 930. The standard InChI is InChI=1S/C17H18Cl2N6/c1-10-3-5-24(6-4-10)16-14(15-13(19)7-12(18)8-20-15)11(2)23-17-21-9-22-25(16)17/h7-10H,3-6H2,1-2H3. The molecule has 0 spiro atoms. The van der Waals surface area contributed by atoms with Gasteiger partial charge in [-0.3, -0.25) is 4.98 Å². The highest BCUT2D eigenvalue weighted by atomic mass is 35.5. The molecule has 0 radical (unpaired) electrons. The summed E-state index contributed by atoms with van der Waals surface area (Å²) >= 11 is 12.5. The number of pyridine rings is 1. The van der Waals surface area contributed by atoms with Crippen molar-refractivity contribution in [2.75, 3.05) is 18.0 Å². The number of nitrogens with zero attached hydrogens (tertiary/aromatic N) is 6. The second kappa shape index (κ2) is 6.42. The lowest BCUT2D eigenvalue weighted by Gasteiger charge is -2.33. The molecule has 1 aliphatic heterocycles. The van der Waals surface area contributed by atoms with E-state index in [-0.39, 0.29) is 0 Å². The third-order valence-electron chi connectivity index (χ3n) is 4.71. The van der Waals surface area contributed by atoms with E-state index in [2.05, 4.69) is 31.9 Å². The van der Waals surface area contributed by atoms with Gasteiger partial charge in [-0.05, 0) is 31.7 Å². The molecule has 0 bridgehead atoms. The highest BCUT2D eigenvalue weighted by Crippen LogP contribution is 2.38. The van der Waals surface area contributed by atoms with E-state index < -0.39 is 0 Å². The van der Waals surface area contributed by atoms with Crippen LogP contribution >= 0.6 is 23.2 Å². The Kier molecular flexibility index (Phi) is 4.25. The summed E-state index contributed by atoms with van der Waals surface area (Å²) in [7, 11) is 0. The molecule has 0 saturated carbocycles. The van der Waals surface area contributed by atoms with E-state index in [1.165, 1.54) is 6.33 Å². The molecule has 4 rings (SSSR count). The minimum atomic E-state index is 0.503. The molecule has 3 aromatic rings. The quantitative estimate of drug-likeness (QED) is 0.675. The molecule has 0 aromatic carbocycles. The molecule has 0 unspecified atom stereocenters. The van der Waals surface area contributed by atoms with Crippen molar-refractivity contribution in [1.29, 1.82) is 0 Å². The smallest absolute Gasteiger partial charge is 0.254 e. The summed E-state index contributed by atoms with van der Waals surface area (Å²) in [4.78, 5) is 15.6. The van der Waals surface area contributed by atoms with Gasteiger partial charge < -0.3 is 4.90 Å². The number of fused-ring (bicyclic) bond motifs is 1. The zero-order valence-electron chi connectivity index (χ0n) is 14.1. The van der Waals surface area contributed by atoms with Crippen LogP contribution in [0.15, 0.2) is 18.6 Å². The predicted molar refractivity (Wildman–Crippen MR) is 99.4 cm³/mol. The fourth-order valence-electron chi connectivity index (χ4n) is 3.32. The molecular weight excluding hydrogens is 359 g/mol. The lowest BCUT2D eigenvalue weighted by molar-refractivity contribution is 0.435. The Balaban J connectivity index is 1.96. The van der Waals surface area contributed by atoms with Crippen LogP contribution in [0.3, 0.4) is 0 Å². The van der Waals surface area contributed by atoms with Crippen LogP contribution in [0.1, 0.15) is 25.5 Å². The van der Waals surface area contributed by atoms with Crippen molar-refractivity contribution in [3.8, 4) is 11.3 Å². The zero-order chi connectivity index (χ0) is 17.6. The summed E-state index contributed by atoms with van der Waals surface area (Å²) in [6.07, 6.45) is 5.41. The molecule has 4 heterocycles. The van der Waals surface area contributed by atoms with E-state index in [9.17, 15) is 0 Å². The summed E-state index contributed by atoms with van der Waals surface area (Å²) in [5.74, 6) is 2.26. The van der Waals surface area contributed by atoms with Gasteiger partial charge >= 0.3 is 0 Å². The van der Waals surface area contributed by atoms with E-state index in [0.29, 0.717) is 21.5 Å². The Morgan fingerprint density at radius 1 is 1.16 bits per heavy atom. The summed E-state index contributed by atoms with van der Waals surface area (Å²) in [6.45, 7) is 6.15. The fraction of sp³-hybridized carbons (Fsp3) is 0.412. The van der Waals surface area contributed by atoms with Crippen molar-refractivity contribution in [3.63, 3.8) is 0 Å². The molecule has 3 aromatic heterocycles. The normalized spacial score (nSPS) is 15.9. The van der Waals surface area contributed by atoms with Crippen LogP contribution in [-0.2, 0) is 0 Å². The summed E-state index contributed by atoms with van der Waals surface area (Å²) < 4.78 is 1.78. The zero-order valence-corrected chi connectivity index (χ0v) is 15.6. The first-order valence-electron chi connectivity index (χ1n) is 8.31. The lowest BCUT2D eigenvalue weighted by Crippen LogP contribution is -2.35. The topological polar surface area (TPSA) is 59.2 Å². The first kappa shape index (κ1) is 16.5. The maximum absolute atomic E-state index is 6.46. The third-order valence-corrected chi connectivity index (χ3v) is 5.21. The molecule has 0 aliphatic carbocycles. The van der Waals surface area contributed by atoms with E-state index in [1.54, 1.807) is 16.8 Å². The van der Waals surface area contributed by atoms with Crippen molar-refractivity contribution in [2.24, 2.45) is 5.92 Å². The first-order chi connectivity index (χ1) is 12.0. The minimum absolute atomic E-state index is 0.503. The van der Waals surface area contributed by atoms with Gasteiger partial charge in [-0.2, -0.15) is 14.6 Å². The average molecular weight is 377 g/mol. The van der Waals surface area contributed by atoms with Crippen LogP contribution in [0.4, 0.5) is 5.82 Å². The number of piperidine rings is 1.